The summed E-state index contributed by atoms with van der Waals surface area (Å²) >= 11 is 0. The van der Waals surface area contributed by atoms with E-state index >= 15 is 0 Å². The van der Waals surface area contributed by atoms with Crippen LogP contribution in [0.1, 0.15) is 66.7 Å². The highest BCUT2D eigenvalue weighted by molar-refractivity contribution is 5.94. The van der Waals surface area contributed by atoms with Crippen molar-refractivity contribution in [3.8, 4) is 0 Å². The molecule has 1 aliphatic carbocycles. The minimum atomic E-state index is -0.640. The Morgan fingerprint density at radius 2 is 2.00 bits per heavy atom. The smallest absolute Gasteiger partial charge is 0.412 e. The van der Waals surface area contributed by atoms with Gasteiger partial charge in [-0.15, -0.1) is 0 Å². The number of amides is 2. The zero-order valence-electron chi connectivity index (χ0n) is 19.6. The molecule has 2 atom stereocenters. The van der Waals surface area contributed by atoms with Crippen LogP contribution in [-0.2, 0) is 14.4 Å². The predicted octanol–water partition coefficient (Wildman–Crippen LogP) is 5.50. The molecule has 3 N–H and O–H groups in total. The first-order chi connectivity index (χ1) is 14.4. The van der Waals surface area contributed by atoms with Crippen LogP contribution >= 0.6 is 0 Å². The van der Waals surface area contributed by atoms with Crippen molar-refractivity contribution in [2.75, 3.05) is 23.2 Å². The average molecular weight is 433 g/mol. The normalized spacial score (nSPS) is 21.4. The minimum absolute atomic E-state index is 0.116. The van der Waals surface area contributed by atoms with Gasteiger partial charge in [0.15, 0.2) is 0 Å². The number of nitrogens with one attached hydrogen (secondary N) is 3. The van der Waals surface area contributed by atoms with Gasteiger partial charge in [-0.25, -0.2) is 9.78 Å². The molecule has 0 saturated heterocycles. The summed E-state index contributed by atoms with van der Waals surface area (Å²) < 4.78 is 5.31. The lowest BCUT2D eigenvalue weighted by atomic mass is 9.67. The van der Waals surface area contributed by atoms with Crippen LogP contribution in [0.3, 0.4) is 0 Å². The lowest BCUT2D eigenvalue weighted by Gasteiger charge is -2.38. The van der Waals surface area contributed by atoms with E-state index in [9.17, 15) is 9.59 Å². The molecule has 8 heteroatoms. The topological polar surface area (TPSA) is 102 Å². The molecule has 2 rings (SSSR count). The molecule has 0 spiro atoms. The van der Waals surface area contributed by atoms with Crippen LogP contribution in [0.2, 0.25) is 0 Å². The van der Waals surface area contributed by atoms with Crippen LogP contribution in [0.5, 0.6) is 0 Å². The number of nitrogens with zero attached hydrogens (tertiary/aromatic N) is 1. The Morgan fingerprint density at radius 3 is 2.61 bits per heavy atom. The van der Waals surface area contributed by atoms with Gasteiger partial charge in [0.25, 0.3) is 0 Å². The summed E-state index contributed by atoms with van der Waals surface area (Å²) in [6.07, 6.45) is 5.24. The number of pyridine rings is 1. The molecule has 2 unspecified atom stereocenters. The summed E-state index contributed by atoms with van der Waals surface area (Å²) in [5.41, 5.74) is 3.93. The van der Waals surface area contributed by atoms with Crippen molar-refractivity contribution >= 4 is 29.2 Å². The number of anilines is 3. The first-order valence-electron chi connectivity index (χ1n) is 10.7. The molecule has 2 amide bonds. The zero-order valence-corrected chi connectivity index (χ0v) is 19.6. The largest absolute Gasteiger partial charge is 0.444 e. The van der Waals surface area contributed by atoms with Gasteiger partial charge in [0, 0.05) is 12.5 Å². The van der Waals surface area contributed by atoms with E-state index in [0.29, 0.717) is 29.5 Å². The summed E-state index contributed by atoms with van der Waals surface area (Å²) in [4.78, 5) is 34.2. The maximum Gasteiger partial charge on any atom is 0.412 e. The van der Waals surface area contributed by atoms with Gasteiger partial charge < -0.3 is 10.1 Å². The van der Waals surface area contributed by atoms with Crippen molar-refractivity contribution in [3.05, 3.63) is 24.4 Å². The third-order valence-electron chi connectivity index (χ3n) is 5.22. The van der Waals surface area contributed by atoms with Crippen LogP contribution in [0.4, 0.5) is 22.0 Å². The highest BCUT2D eigenvalue weighted by atomic mass is 16.6. The van der Waals surface area contributed by atoms with Crippen molar-refractivity contribution < 1.29 is 19.2 Å². The Labute approximate surface area is 185 Å². The van der Waals surface area contributed by atoms with Crippen LogP contribution < -0.4 is 16.1 Å². The van der Waals surface area contributed by atoms with Crippen molar-refractivity contribution in [3.63, 3.8) is 0 Å². The predicted molar refractivity (Wildman–Crippen MR) is 123 cm³/mol. The van der Waals surface area contributed by atoms with Crippen LogP contribution in [0.25, 0.3) is 0 Å². The fraction of sp³-hybridized carbons (Fsp3) is 0.609. The molecule has 0 aliphatic heterocycles. The van der Waals surface area contributed by atoms with Crippen LogP contribution in [0, 0.1) is 11.3 Å². The molecular weight excluding hydrogens is 396 g/mol. The summed E-state index contributed by atoms with van der Waals surface area (Å²) in [6, 6.07) is 1.57. The number of hydrogen-bond acceptors (Lipinski definition) is 6. The zero-order chi connectivity index (χ0) is 23.2. The van der Waals surface area contributed by atoms with Crippen molar-refractivity contribution in [1.29, 1.82) is 0 Å². The maximum absolute atomic E-state index is 12.8. The van der Waals surface area contributed by atoms with E-state index in [1.807, 2.05) is 0 Å². The molecule has 1 saturated carbocycles. The van der Waals surface area contributed by atoms with Crippen molar-refractivity contribution in [1.82, 2.24) is 4.98 Å². The number of hydrogen-bond donors (Lipinski definition) is 3. The van der Waals surface area contributed by atoms with Gasteiger partial charge in [-0.3, -0.25) is 20.4 Å². The van der Waals surface area contributed by atoms with Crippen molar-refractivity contribution in [2.45, 2.75) is 72.3 Å². The molecular formula is C23H36N4O4. The maximum atomic E-state index is 12.8. The number of ether oxygens (including phenoxy) is 1. The Hall–Kier alpha value is -2.61. The lowest BCUT2D eigenvalue weighted by molar-refractivity contribution is -0.118. The Bertz CT molecular complexity index is 818. The molecule has 0 radical (unpaired) electrons. The molecule has 0 bridgehead atoms. The van der Waals surface area contributed by atoms with E-state index in [4.69, 9.17) is 9.57 Å². The monoisotopic (exact) mass is 432 g/mol. The molecule has 31 heavy (non-hydrogen) atoms. The fourth-order valence-electron chi connectivity index (χ4n) is 4.16. The minimum Gasteiger partial charge on any atom is -0.444 e. The molecule has 172 valence electrons. The summed E-state index contributed by atoms with van der Waals surface area (Å²) in [7, 11) is 1.45. The van der Waals surface area contributed by atoms with Gasteiger partial charge >= 0.3 is 6.09 Å². The second kappa shape index (κ2) is 10.1. The number of allylic oxidation sites excluding steroid dienone is 1. The highest BCUT2D eigenvalue weighted by Gasteiger charge is 2.35. The van der Waals surface area contributed by atoms with E-state index in [2.05, 4.69) is 41.5 Å². The van der Waals surface area contributed by atoms with Gasteiger partial charge in [0.05, 0.1) is 19.0 Å². The van der Waals surface area contributed by atoms with Gasteiger partial charge in [-0.1, -0.05) is 32.4 Å². The third kappa shape index (κ3) is 7.86. The molecule has 1 aliphatic rings. The number of carbonyl (C=O) groups is 2. The van der Waals surface area contributed by atoms with E-state index in [-0.39, 0.29) is 11.3 Å². The molecule has 1 heterocycles. The standard InChI is InChI=1S/C23H36N4O4/c1-8-16-9-15(2)11-23(6,12-16)13-20(28)26-19-10-17(18(14-24-19)27-30-7)25-21(29)31-22(3,4)5/h10,14,16,27H,2,8-9,11-13H2,1,3-7H3,(H2,24,25,26,28,29). The average Bonchev–Trinajstić information content (AvgIpc) is 2.61. The summed E-state index contributed by atoms with van der Waals surface area (Å²) in [5.74, 6) is 0.791. The Kier molecular flexibility index (Phi) is 8.06. The number of aromatic nitrogens is 1. The first kappa shape index (κ1) is 24.7. The van der Waals surface area contributed by atoms with Gasteiger partial charge in [-0.2, -0.15) is 0 Å². The van der Waals surface area contributed by atoms with E-state index < -0.39 is 11.7 Å². The molecule has 8 nitrogen and oxygen atoms in total. The number of carbonyl (C=O) groups excluding carboxylic acids is 2. The Balaban J connectivity index is 2.10. The SMILES string of the molecule is C=C1CC(CC)CC(C)(CC(=O)Nc2cc(NC(=O)OC(C)(C)C)c(NOC)cn2)C1. The quantitative estimate of drug-likeness (QED) is 0.388. The van der Waals surface area contributed by atoms with Crippen molar-refractivity contribution in [2.24, 2.45) is 11.3 Å². The number of rotatable bonds is 7. The van der Waals surface area contributed by atoms with Gasteiger partial charge in [-0.05, 0) is 51.4 Å². The van der Waals surface area contributed by atoms with E-state index in [0.717, 1.165) is 25.7 Å². The molecule has 0 aromatic carbocycles. The van der Waals surface area contributed by atoms with Crippen LogP contribution in [-0.4, -0.2) is 29.7 Å². The van der Waals surface area contributed by atoms with E-state index in [1.165, 1.54) is 18.9 Å². The third-order valence-corrected chi connectivity index (χ3v) is 5.22. The van der Waals surface area contributed by atoms with Gasteiger partial charge in [0.2, 0.25) is 5.91 Å². The second-order valence-corrected chi connectivity index (χ2v) is 9.69. The fourth-order valence-corrected chi connectivity index (χ4v) is 4.16. The van der Waals surface area contributed by atoms with Crippen LogP contribution in [0.15, 0.2) is 24.4 Å². The summed E-state index contributed by atoms with van der Waals surface area (Å²) in [6.45, 7) is 13.8. The summed E-state index contributed by atoms with van der Waals surface area (Å²) in [5, 5.41) is 5.52. The Morgan fingerprint density at radius 1 is 1.29 bits per heavy atom. The second-order valence-electron chi connectivity index (χ2n) is 9.69. The first-order valence-corrected chi connectivity index (χ1v) is 10.7. The molecule has 1 aromatic rings. The molecule has 1 aromatic heterocycles. The molecule has 1 fully saturated rings. The van der Waals surface area contributed by atoms with E-state index in [1.54, 1.807) is 26.8 Å². The lowest BCUT2D eigenvalue weighted by Crippen LogP contribution is -2.31. The highest BCUT2D eigenvalue weighted by Crippen LogP contribution is 2.44. The van der Waals surface area contributed by atoms with Gasteiger partial charge in [0.1, 0.15) is 17.1 Å².